The Morgan fingerprint density at radius 3 is 2.71 bits per heavy atom. The van der Waals surface area contributed by atoms with Crippen LogP contribution in [0.25, 0.3) is 5.69 Å². The minimum absolute atomic E-state index is 0.0221. The maximum Gasteiger partial charge on any atom is 0.331 e. The zero-order valence-corrected chi connectivity index (χ0v) is 13.1. The van der Waals surface area contributed by atoms with E-state index < -0.39 is 17.4 Å². The summed E-state index contributed by atoms with van der Waals surface area (Å²) < 4.78 is 11.8. The number of rotatable bonds is 5. The molecular weight excluding hydrogens is 314 g/mol. The molecule has 1 atom stereocenters. The van der Waals surface area contributed by atoms with Crippen LogP contribution in [-0.4, -0.2) is 52.6 Å². The Labute approximate surface area is 138 Å². The second-order valence-electron chi connectivity index (χ2n) is 5.47. The molecule has 0 saturated carbocycles. The standard InChI is InChI=1S/C16H17N3O5/c1-23-12-9-19(11-5-3-2-4-6-11)18-13(12)14(20)17-16(15(21)22)7-8-24-10-16/h2-6,9H,7-8,10H2,1H3,(H,17,20)(H,21,22). The number of aliphatic carboxylic acids is 1. The number of aromatic nitrogens is 2. The summed E-state index contributed by atoms with van der Waals surface area (Å²) >= 11 is 0. The molecule has 1 aliphatic rings. The molecule has 1 saturated heterocycles. The number of nitrogens with zero attached hydrogens (tertiary/aromatic N) is 2. The number of ether oxygens (including phenoxy) is 2. The molecular formula is C16H17N3O5. The van der Waals surface area contributed by atoms with Crippen LogP contribution in [0, 0.1) is 0 Å². The first-order chi connectivity index (χ1) is 11.6. The van der Waals surface area contributed by atoms with Gasteiger partial charge >= 0.3 is 5.97 Å². The second kappa shape index (κ2) is 6.32. The maximum absolute atomic E-state index is 12.5. The highest BCUT2D eigenvalue weighted by Crippen LogP contribution is 2.23. The molecule has 1 aromatic heterocycles. The number of carboxylic acid groups (broad SMARTS) is 1. The van der Waals surface area contributed by atoms with E-state index in [-0.39, 0.29) is 31.1 Å². The molecule has 1 aromatic carbocycles. The van der Waals surface area contributed by atoms with Gasteiger partial charge in [-0.15, -0.1) is 0 Å². The molecule has 1 amide bonds. The van der Waals surface area contributed by atoms with Crippen molar-refractivity contribution in [3.63, 3.8) is 0 Å². The topological polar surface area (TPSA) is 103 Å². The van der Waals surface area contributed by atoms with Crippen molar-refractivity contribution in [1.29, 1.82) is 0 Å². The summed E-state index contributed by atoms with van der Waals surface area (Å²) in [6.07, 6.45) is 1.78. The molecule has 0 spiro atoms. The van der Waals surface area contributed by atoms with Crippen molar-refractivity contribution in [3.8, 4) is 11.4 Å². The third-order valence-corrected chi connectivity index (χ3v) is 3.92. The van der Waals surface area contributed by atoms with Gasteiger partial charge in [-0.2, -0.15) is 5.10 Å². The fourth-order valence-corrected chi connectivity index (χ4v) is 2.54. The van der Waals surface area contributed by atoms with Crippen LogP contribution >= 0.6 is 0 Å². The predicted octanol–water partition coefficient (Wildman–Crippen LogP) is 0.854. The van der Waals surface area contributed by atoms with Gasteiger partial charge in [0, 0.05) is 13.0 Å². The Hall–Kier alpha value is -2.87. The molecule has 1 fully saturated rings. The number of hydrogen-bond donors (Lipinski definition) is 2. The number of methoxy groups -OCH3 is 1. The molecule has 2 N–H and O–H groups in total. The second-order valence-corrected chi connectivity index (χ2v) is 5.47. The maximum atomic E-state index is 12.5. The molecule has 8 nitrogen and oxygen atoms in total. The Bertz CT molecular complexity index is 750. The molecule has 126 valence electrons. The van der Waals surface area contributed by atoms with Gasteiger partial charge in [-0.3, -0.25) is 4.79 Å². The summed E-state index contributed by atoms with van der Waals surface area (Å²) in [5.74, 6) is -1.49. The summed E-state index contributed by atoms with van der Waals surface area (Å²) in [7, 11) is 1.43. The van der Waals surface area contributed by atoms with Gasteiger partial charge in [-0.25, -0.2) is 9.48 Å². The molecule has 8 heteroatoms. The molecule has 0 aliphatic carbocycles. The zero-order chi connectivity index (χ0) is 17.2. The van der Waals surface area contributed by atoms with E-state index in [4.69, 9.17) is 9.47 Å². The summed E-state index contributed by atoms with van der Waals surface area (Å²) in [6.45, 7) is 0.206. The molecule has 0 bridgehead atoms. The lowest BCUT2D eigenvalue weighted by Gasteiger charge is -2.23. The Morgan fingerprint density at radius 2 is 2.12 bits per heavy atom. The molecule has 3 rings (SSSR count). The van der Waals surface area contributed by atoms with Gasteiger partial charge in [0.05, 0.1) is 25.6 Å². The number of carbonyl (C=O) groups excluding carboxylic acids is 1. The first kappa shape index (κ1) is 16.0. The van der Waals surface area contributed by atoms with Crippen LogP contribution < -0.4 is 10.1 Å². The van der Waals surface area contributed by atoms with Crippen molar-refractivity contribution in [2.45, 2.75) is 12.0 Å². The van der Waals surface area contributed by atoms with Gasteiger partial charge < -0.3 is 19.9 Å². The molecule has 0 radical (unpaired) electrons. The smallest absolute Gasteiger partial charge is 0.331 e. The van der Waals surface area contributed by atoms with Crippen molar-refractivity contribution in [2.75, 3.05) is 20.3 Å². The molecule has 2 aromatic rings. The molecule has 2 heterocycles. The summed E-state index contributed by atoms with van der Waals surface area (Å²) in [5, 5.41) is 16.2. The number of benzene rings is 1. The highest BCUT2D eigenvalue weighted by Gasteiger charge is 2.44. The fraction of sp³-hybridized carbons (Fsp3) is 0.312. The average molecular weight is 331 g/mol. The third-order valence-electron chi connectivity index (χ3n) is 3.92. The van der Waals surface area contributed by atoms with E-state index in [1.54, 1.807) is 6.20 Å². The number of para-hydroxylation sites is 1. The van der Waals surface area contributed by atoms with Gasteiger partial charge in [0.1, 0.15) is 0 Å². The Balaban J connectivity index is 1.90. The summed E-state index contributed by atoms with van der Waals surface area (Å²) in [5.41, 5.74) is -0.653. The molecule has 24 heavy (non-hydrogen) atoms. The van der Waals surface area contributed by atoms with Crippen LogP contribution in [-0.2, 0) is 9.53 Å². The first-order valence-electron chi connectivity index (χ1n) is 7.38. The van der Waals surface area contributed by atoms with E-state index in [0.717, 1.165) is 5.69 Å². The van der Waals surface area contributed by atoms with Crippen LogP contribution in [0.5, 0.6) is 5.75 Å². The Morgan fingerprint density at radius 1 is 1.38 bits per heavy atom. The number of carboxylic acids is 1. The van der Waals surface area contributed by atoms with E-state index in [1.807, 2.05) is 30.3 Å². The van der Waals surface area contributed by atoms with E-state index in [9.17, 15) is 14.7 Å². The fourth-order valence-electron chi connectivity index (χ4n) is 2.54. The minimum atomic E-state index is -1.43. The predicted molar refractivity (Wildman–Crippen MR) is 83.4 cm³/mol. The lowest BCUT2D eigenvalue weighted by atomic mass is 9.99. The lowest BCUT2D eigenvalue weighted by Crippen LogP contribution is -2.55. The van der Waals surface area contributed by atoms with Crippen LogP contribution in [0.1, 0.15) is 16.9 Å². The average Bonchev–Trinajstić information content (AvgIpc) is 3.23. The highest BCUT2D eigenvalue weighted by atomic mass is 16.5. The number of amides is 1. The zero-order valence-electron chi connectivity index (χ0n) is 13.1. The van der Waals surface area contributed by atoms with Crippen molar-refractivity contribution in [1.82, 2.24) is 15.1 Å². The number of carbonyl (C=O) groups is 2. The Kier molecular flexibility index (Phi) is 4.22. The summed E-state index contributed by atoms with van der Waals surface area (Å²) in [4.78, 5) is 24.1. The van der Waals surface area contributed by atoms with Crippen molar-refractivity contribution < 1.29 is 24.2 Å². The SMILES string of the molecule is COc1cn(-c2ccccc2)nc1C(=O)NC1(C(=O)O)CCOC1. The lowest BCUT2D eigenvalue weighted by molar-refractivity contribution is -0.144. The van der Waals surface area contributed by atoms with Crippen LogP contribution in [0.2, 0.25) is 0 Å². The quantitative estimate of drug-likeness (QED) is 0.842. The van der Waals surface area contributed by atoms with Crippen LogP contribution in [0.4, 0.5) is 0 Å². The van der Waals surface area contributed by atoms with Gasteiger partial charge in [0.2, 0.25) is 0 Å². The van der Waals surface area contributed by atoms with Gasteiger partial charge in [0.15, 0.2) is 17.0 Å². The van der Waals surface area contributed by atoms with E-state index in [0.29, 0.717) is 0 Å². The van der Waals surface area contributed by atoms with E-state index >= 15 is 0 Å². The molecule has 1 unspecified atom stereocenters. The van der Waals surface area contributed by atoms with Crippen LogP contribution in [0.3, 0.4) is 0 Å². The van der Waals surface area contributed by atoms with Crippen molar-refractivity contribution in [2.24, 2.45) is 0 Å². The van der Waals surface area contributed by atoms with Gasteiger partial charge in [-0.05, 0) is 12.1 Å². The van der Waals surface area contributed by atoms with Gasteiger partial charge in [0.25, 0.3) is 5.91 Å². The number of nitrogens with one attached hydrogen (secondary N) is 1. The largest absolute Gasteiger partial charge is 0.493 e. The van der Waals surface area contributed by atoms with Crippen molar-refractivity contribution in [3.05, 3.63) is 42.2 Å². The normalized spacial score (nSPS) is 19.9. The first-order valence-corrected chi connectivity index (χ1v) is 7.38. The van der Waals surface area contributed by atoms with Gasteiger partial charge in [-0.1, -0.05) is 18.2 Å². The minimum Gasteiger partial charge on any atom is -0.493 e. The summed E-state index contributed by atoms with van der Waals surface area (Å²) in [6, 6.07) is 9.22. The van der Waals surface area contributed by atoms with E-state index in [2.05, 4.69) is 10.4 Å². The highest BCUT2D eigenvalue weighted by molar-refractivity contribution is 5.98. The number of hydrogen-bond acceptors (Lipinski definition) is 5. The molecule has 1 aliphatic heterocycles. The third kappa shape index (κ3) is 2.83. The van der Waals surface area contributed by atoms with E-state index in [1.165, 1.54) is 11.8 Å². The van der Waals surface area contributed by atoms with Crippen molar-refractivity contribution >= 4 is 11.9 Å². The monoisotopic (exact) mass is 331 g/mol. The van der Waals surface area contributed by atoms with Crippen LogP contribution in [0.15, 0.2) is 36.5 Å².